The molecule has 2 rings (SSSR count). The highest BCUT2D eigenvalue weighted by atomic mass is 16.5. The minimum Gasteiger partial charge on any atom is -0.496 e. The molecule has 0 bridgehead atoms. The zero-order valence-electron chi connectivity index (χ0n) is 13.4. The van der Waals surface area contributed by atoms with E-state index in [-0.39, 0.29) is 0 Å². The third kappa shape index (κ3) is 5.33. The Morgan fingerprint density at radius 2 is 2.05 bits per heavy atom. The van der Waals surface area contributed by atoms with E-state index in [4.69, 9.17) is 9.47 Å². The van der Waals surface area contributed by atoms with Crippen LogP contribution in [0.25, 0.3) is 0 Å². The Balaban J connectivity index is 1.97. The van der Waals surface area contributed by atoms with Crippen LogP contribution in [0.4, 0.5) is 0 Å². The van der Waals surface area contributed by atoms with Crippen LogP contribution in [-0.2, 0) is 11.2 Å². The van der Waals surface area contributed by atoms with Crippen molar-refractivity contribution < 1.29 is 9.47 Å². The molecular formula is C18H29NO2. The van der Waals surface area contributed by atoms with Crippen LogP contribution in [0.15, 0.2) is 24.3 Å². The maximum Gasteiger partial charge on any atom is 0.122 e. The fraction of sp³-hybridized carbons (Fsp3) is 0.667. The van der Waals surface area contributed by atoms with E-state index in [1.54, 1.807) is 7.11 Å². The maximum atomic E-state index is 5.49. The first-order chi connectivity index (χ1) is 10.3. The number of nitrogens with one attached hydrogen (secondary N) is 1. The molecule has 1 aliphatic rings. The Morgan fingerprint density at radius 3 is 2.76 bits per heavy atom. The number of para-hydroxylation sites is 1. The smallest absolute Gasteiger partial charge is 0.122 e. The van der Waals surface area contributed by atoms with E-state index in [1.807, 2.05) is 6.07 Å². The van der Waals surface area contributed by atoms with E-state index in [2.05, 4.69) is 30.4 Å². The zero-order chi connectivity index (χ0) is 14.9. The predicted molar refractivity (Wildman–Crippen MR) is 86.9 cm³/mol. The Kier molecular flexibility index (Phi) is 7.04. The molecule has 1 aromatic rings. The molecule has 1 aliphatic heterocycles. The second-order valence-electron chi connectivity index (χ2n) is 5.96. The van der Waals surface area contributed by atoms with Gasteiger partial charge >= 0.3 is 0 Å². The Hall–Kier alpha value is -1.06. The van der Waals surface area contributed by atoms with Crippen LogP contribution in [0.1, 0.15) is 38.2 Å². The summed E-state index contributed by atoms with van der Waals surface area (Å²) >= 11 is 0. The van der Waals surface area contributed by atoms with E-state index in [1.165, 1.54) is 31.2 Å². The van der Waals surface area contributed by atoms with E-state index in [0.717, 1.165) is 37.8 Å². The van der Waals surface area contributed by atoms with Gasteiger partial charge in [-0.25, -0.2) is 0 Å². The predicted octanol–water partition coefficient (Wildman–Crippen LogP) is 3.42. The Bertz CT molecular complexity index is 402. The first kappa shape index (κ1) is 16.3. The monoisotopic (exact) mass is 291 g/mol. The lowest BCUT2D eigenvalue weighted by Gasteiger charge is -2.28. The van der Waals surface area contributed by atoms with E-state index < -0.39 is 0 Å². The molecule has 0 saturated carbocycles. The lowest BCUT2D eigenvalue weighted by molar-refractivity contribution is 0.0605. The second kappa shape index (κ2) is 9.06. The summed E-state index contributed by atoms with van der Waals surface area (Å²) in [6.45, 7) is 5.17. The molecule has 0 amide bonds. The van der Waals surface area contributed by atoms with Gasteiger partial charge in [-0.1, -0.05) is 25.1 Å². The first-order valence-electron chi connectivity index (χ1n) is 8.26. The molecule has 1 atom stereocenters. The number of methoxy groups -OCH3 is 1. The van der Waals surface area contributed by atoms with Crippen molar-refractivity contribution in [3.05, 3.63) is 29.8 Å². The van der Waals surface area contributed by atoms with Gasteiger partial charge in [-0.15, -0.1) is 0 Å². The average molecular weight is 291 g/mol. The van der Waals surface area contributed by atoms with Crippen molar-refractivity contribution in [2.45, 2.75) is 45.1 Å². The van der Waals surface area contributed by atoms with Crippen LogP contribution in [0.3, 0.4) is 0 Å². The average Bonchev–Trinajstić information content (AvgIpc) is 2.54. The molecule has 1 aromatic carbocycles. The number of ether oxygens (including phenoxy) is 2. The van der Waals surface area contributed by atoms with E-state index in [9.17, 15) is 0 Å². The minimum absolute atomic E-state index is 0.532. The van der Waals surface area contributed by atoms with Crippen LogP contribution in [0, 0.1) is 5.92 Å². The van der Waals surface area contributed by atoms with Gasteiger partial charge in [-0.2, -0.15) is 0 Å². The lowest BCUT2D eigenvalue weighted by atomic mass is 9.89. The van der Waals surface area contributed by atoms with Crippen LogP contribution < -0.4 is 10.1 Å². The van der Waals surface area contributed by atoms with Crippen molar-refractivity contribution >= 4 is 0 Å². The second-order valence-corrected chi connectivity index (χ2v) is 5.96. The Morgan fingerprint density at radius 1 is 1.29 bits per heavy atom. The number of rotatable bonds is 8. The summed E-state index contributed by atoms with van der Waals surface area (Å²) in [5.74, 6) is 1.80. The maximum absolute atomic E-state index is 5.49. The summed E-state index contributed by atoms with van der Waals surface area (Å²) in [6, 6.07) is 8.91. The molecule has 0 aliphatic carbocycles. The standard InChI is InChI=1S/C18H29NO2/c1-3-10-19-17(13-15-8-11-21-12-9-15)14-16-6-4-5-7-18(16)20-2/h4-7,15,17,19H,3,8-14H2,1-2H3. The quantitative estimate of drug-likeness (QED) is 0.796. The largest absolute Gasteiger partial charge is 0.496 e. The van der Waals surface area contributed by atoms with E-state index in [0.29, 0.717) is 6.04 Å². The van der Waals surface area contributed by atoms with Crippen molar-refractivity contribution in [1.29, 1.82) is 0 Å². The molecule has 1 fully saturated rings. The number of hydrogen-bond donors (Lipinski definition) is 1. The van der Waals surface area contributed by atoms with Gasteiger partial charge in [0.05, 0.1) is 7.11 Å². The van der Waals surface area contributed by atoms with Crippen molar-refractivity contribution in [2.24, 2.45) is 5.92 Å². The molecule has 0 aromatic heterocycles. The summed E-state index contributed by atoms with van der Waals surface area (Å²) in [5, 5.41) is 3.72. The molecule has 3 heteroatoms. The third-order valence-electron chi connectivity index (χ3n) is 4.30. The summed E-state index contributed by atoms with van der Waals surface area (Å²) in [6.07, 6.45) is 5.87. The van der Waals surface area contributed by atoms with Gasteiger partial charge in [0, 0.05) is 19.3 Å². The molecule has 21 heavy (non-hydrogen) atoms. The Labute approximate surface area is 129 Å². The fourth-order valence-corrected chi connectivity index (χ4v) is 3.11. The van der Waals surface area contributed by atoms with Crippen LogP contribution >= 0.6 is 0 Å². The van der Waals surface area contributed by atoms with Crippen LogP contribution in [0.2, 0.25) is 0 Å². The van der Waals surface area contributed by atoms with Crippen LogP contribution in [0.5, 0.6) is 5.75 Å². The van der Waals surface area contributed by atoms with Crippen molar-refractivity contribution in [3.63, 3.8) is 0 Å². The summed E-state index contributed by atoms with van der Waals surface area (Å²) in [4.78, 5) is 0. The van der Waals surface area contributed by atoms with Gasteiger partial charge in [0.15, 0.2) is 0 Å². The topological polar surface area (TPSA) is 30.5 Å². The zero-order valence-corrected chi connectivity index (χ0v) is 13.4. The molecular weight excluding hydrogens is 262 g/mol. The molecule has 0 radical (unpaired) electrons. The molecule has 0 spiro atoms. The minimum atomic E-state index is 0.532. The molecule has 3 nitrogen and oxygen atoms in total. The highest BCUT2D eigenvalue weighted by molar-refractivity contribution is 5.33. The number of benzene rings is 1. The molecule has 118 valence electrons. The first-order valence-corrected chi connectivity index (χ1v) is 8.26. The SMILES string of the molecule is CCCNC(Cc1ccccc1OC)CC1CCOCC1. The fourth-order valence-electron chi connectivity index (χ4n) is 3.11. The van der Waals surface area contributed by atoms with E-state index >= 15 is 0 Å². The molecule has 1 saturated heterocycles. The van der Waals surface area contributed by atoms with Crippen molar-refractivity contribution in [2.75, 3.05) is 26.9 Å². The van der Waals surface area contributed by atoms with Crippen LogP contribution in [-0.4, -0.2) is 32.9 Å². The van der Waals surface area contributed by atoms with Gasteiger partial charge < -0.3 is 14.8 Å². The number of hydrogen-bond acceptors (Lipinski definition) is 3. The third-order valence-corrected chi connectivity index (χ3v) is 4.30. The van der Waals surface area contributed by atoms with Gasteiger partial charge in [0.25, 0.3) is 0 Å². The normalized spacial score (nSPS) is 17.6. The van der Waals surface area contributed by atoms with Gasteiger partial charge in [-0.3, -0.25) is 0 Å². The summed E-state index contributed by atoms with van der Waals surface area (Å²) in [5.41, 5.74) is 1.31. The highest BCUT2D eigenvalue weighted by Gasteiger charge is 2.20. The molecule has 1 N–H and O–H groups in total. The van der Waals surface area contributed by atoms with Gasteiger partial charge in [0.1, 0.15) is 5.75 Å². The molecule has 1 heterocycles. The summed E-state index contributed by atoms with van der Waals surface area (Å²) < 4.78 is 11.0. The van der Waals surface area contributed by atoms with Crippen molar-refractivity contribution in [3.8, 4) is 5.75 Å². The molecule has 1 unspecified atom stereocenters. The van der Waals surface area contributed by atoms with Gasteiger partial charge in [-0.05, 0) is 56.2 Å². The summed E-state index contributed by atoms with van der Waals surface area (Å²) in [7, 11) is 1.76. The van der Waals surface area contributed by atoms with Crippen molar-refractivity contribution in [1.82, 2.24) is 5.32 Å². The van der Waals surface area contributed by atoms with Gasteiger partial charge in [0.2, 0.25) is 0 Å². The lowest BCUT2D eigenvalue weighted by Crippen LogP contribution is -2.35. The highest BCUT2D eigenvalue weighted by Crippen LogP contribution is 2.24.